The van der Waals surface area contributed by atoms with E-state index in [2.05, 4.69) is 4.98 Å². The molecular formula is C22H22N4O5S2. The van der Waals surface area contributed by atoms with Gasteiger partial charge in [-0.1, -0.05) is 36.4 Å². The van der Waals surface area contributed by atoms with E-state index < -0.39 is 14.9 Å². The van der Waals surface area contributed by atoms with Gasteiger partial charge in [0.25, 0.3) is 5.69 Å². The summed E-state index contributed by atoms with van der Waals surface area (Å²) in [5, 5.41) is 13.8. The Morgan fingerprint density at radius 2 is 1.79 bits per heavy atom. The predicted octanol–water partition coefficient (Wildman–Crippen LogP) is 2.72. The molecule has 0 spiro atoms. The normalized spacial score (nSPS) is 14.8. The predicted molar refractivity (Wildman–Crippen MR) is 124 cm³/mol. The highest BCUT2D eigenvalue weighted by molar-refractivity contribution is 7.89. The van der Waals surface area contributed by atoms with Crippen LogP contribution in [0.15, 0.2) is 64.9 Å². The van der Waals surface area contributed by atoms with Gasteiger partial charge in [-0.25, -0.2) is 13.4 Å². The number of carbonyl (C=O) groups is 1. The number of piperazine rings is 1. The number of hydrogen-bond donors (Lipinski definition) is 0. The molecule has 1 aliphatic rings. The van der Waals surface area contributed by atoms with Crippen molar-refractivity contribution < 1.29 is 18.1 Å². The van der Waals surface area contributed by atoms with Crippen LogP contribution in [-0.4, -0.2) is 59.6 Å². The Hall–Kier alpha value is -3.15. The number of benzene rings is 2. The first kappa shape index (κ1) is 23.0. The van der Waals surface area contributed by atoms with Gasteiger partial charge in [0.2, 0.25) is 15.9 Å². The van der Waals surface area contributed by atoms with Crippen LogP contribution in [0.4, 0.5) is 5.69 Å². The summed E-state index contributed by atoms with van der Waals surface area (Å²) in [5.74, 6) is -0.0982. The molecule has 0 radical (unpaired) electrons. The van der Waals surface area contributed by atoms with Gasteiger partial charge in [0.15, 0.2) is 0 Å². The summed E-state index contributed by atoms with van der Waals surface area (Å²) in [4.78, 5) is 29.1. The molecular weight excluding hydrogens is 464 g/mol. The van der Waals surface area contributed by atoms with Crippen LogP contribution >= 0.6 is 11.3 Å². The zero-order valence-corrected chi connectivity index (χ0v) is 19.3. The van der Waals surface area contributed by atoms with Gasteiger partial charge < -0.3 is 4.90 Å². The number of rotatable bonds is 7. The van der Waals surface area contributed by atoms with Crippen molar-refractivity contribution >= 4 is 33.0 Å². The van der Waals surface area contributed by atoms with Crippen molar-refractivity contribution in [3.05, 3.63) is 86.4 Å². The van der Waals surface area contributed by atoms with Crippen molar-refractivity contribution in [1.29, 1.82) is 0 Å². The van der Waals surface area contributed by atoms with Crippen LogP contribution in [0.1, 0.15) is 16.3 Å². The Labute approximate surface area is 195 Å². The minimum atomic E-state index is -3.87. The number of carbonyl (C=O) groups excluding carboxylic acids is 1. The molecule has 0 saturated carbocycles. The van der Waals surface area contributed by atoms with Crippen molar-refractivity contribution in [2.45, 2.75) is 17.7 Å². The molecule has 1 saturated heterocycles. The maximum absolute atomic E-state index is 12.9. The van der Waals surface area contributed by atoms with Gasteiger partial charge in [-0.15, -0.1) is 11.3 Å². The summed E-state index contributed by atoms with van der Waals surface area (Å²) < 4.78 is 27.0. The number of hydrogen-bond acceptors (Lipinski definition) is 7. The zero-order chi connectivity index (χ0) is 23.4. The number of nitro benzene ring substituents is 1. The Morgan fingerprint density at radius 3 is 2.48 bits per heavy atom. The lowest BCUT2D eigenvalue weighted by atomic mass is 10.2. The van der Waals surface area contributed by atoms with Crippen molar-refractivity contribution in [1.82, 2.24) is 14.2 Å². The van der Waals surface area contributed by atoms with Crippen molar-refractivity contribution in [2.24, 2.45) is 0 Å². The number of thiazole rings is 1. The molecule has 0 aliphatic carbocycles. The fourth-order valence-electron chi connectivity index (χ4n) is 3.63. The molecule has 3 aromatic rings. The summed E-state index contributed by atoms with van der Waals surface area (Å²) in [7, 11) is -3.87. The third-order valence-electron chi connectivity index (χ3n) is 5.39. The smallest absolute Gasteiger partial charge is 0.270 e. The topological polar surface area (TPSA) is 114 Å². The molecule has 0 bridgehead atoms. The lowest BCUT2D eigenvalue weighted by Gasteiger charge is -2.34. The van der Waals surface area contributed by atoms with Crippen molar-refractivity contribution in [3.8, 4) is 0 Å². The summed E-state index contributed by atoms with van der Waals surface area (Å²) in [6.07, 6.45) is 0.886. The average molecular weight is 487 g/mol. The SMILES string of the molecule is O=C(Cc1csc(Cc2ccccc2)n1)N1CCN(S(=O)(=O)c2cccc([N+](=O)[O-])c2)CC1. The van der Waals surface area contributed by atoms with E-state index in [1.807, 2.05) is 35.7 Å². The monoisotopic (exact) mass is 486 g/mol. The fraction of sp³-hybridized carbons (Fsp3) is 0.273. The minimum absolute atomic E-state index is 0.0982. The van der Waals surface area contributed by atoms with Crippen LogP contribution in [0.25, 0.3) is 0 Å². The quantitative estimate of drug-likeness (QED) is 0.375. The lowest BCUT2D eigenvalue weighted by Crippen LogP contribution is -2.50. The van der Waals surface area contributed by atoms with Gasteiger partial charge in [-0.2, -0.15) is 4.31 Å². The van der Waals surface area contributed by atoms with Gasteiger partial charge in [0.1, 0.15) is 0 Å². The summed E-state index contributed by atoms with van der Waals surface area (Å²) in [6.45, 7) is 0.780. The van der Waals surface area contributed by atoms with E-state index in [4.69, 9.17) is 0 Å². The third-order valence-corrected chi connectivity index (χ3v) is 8.18. The Morgan fingerprint density at radius 1 is 1.06 bits per heavy atom. The summed E-state index contributed by atoms with van der Waals surface area (Å²) in [5.41, 5.74) is 1.59. The highest BCUT2D eigenvalue weighted by Gasteiger charge is 2.31. The number of amides is 1. The lowest BCUT2D eigenvalue weighted by molar-refractivity contribution is -0.385. The number of nitrogens with zero attached hydrogens (tertiary/aromatic N) is 4. The van der Waals surface area contributed by atoms with Crippen LogP contribution < -0.4 is 0 Å². The molecule has 0 atom stereocenters. The van der Waals surface area contributed by atoms with E-state index in [0.29, 0.717) is 12.1 Å². The Bertz CT molecular complexity index is 1250. The number of aromatic nitrogens is 1. The van der Waals surface area contributed by atoms with Crippen LogP contribution in [-0.2, 0) is 27.7 Å². The van der Waals surface area contributed by atoms with Crippen LogP contribution in [0.5, 0.6) is 0 Å². The second-order valence-electron chi connectivity index (χ2n) is 7.61. The molecule has 2 heterocycles. The molecule has 1 aromatic heterocycles. The minimum Gasteiger partial charge on any atom is -0.340 e. The van der Waals surface area contributed by atoms with E-state index in [1.165, 1.54) is 33.8 Å². The molecule has 11 heteroatoms. The van der Waals surface area contributed by atoms with Crippen LogP contribution in [0.3, 0.4) is 0 Å². The standard InChI is InChI=1S/C22H22N4O5S2/c27-22(14-18-16-32-21(23-18)13-17-5-2-1-3-6-17)24-9-11-25(12-10-24)33(30,31)20-8-4-7-19(15-20)26(28)29/h1-8,15-16H,9-14H2. The highest BCUT2D eigenvalue weighted by atomic mass is 32.2. The highest BCUT2D eigenvalue weighted by Crippen LogP contribution is 2.22. The van der Waals surface area contributed by atoms with Gasteiger partial charge in [-0.3, -0.25) is 14.9 Å². The van der Waals surface area contributed by atoms with E-state index >= 15 is 0 Å². The van der Waals surface area contributed by atoms with Crippen molar-refractivity contribution in [2.75, 3.05) is 26.2 Å². The Kier molecular flexibility index (Phi) is 6.82. The van der Waals surface area contributed by atoms with Crippen LogP contribution in [0.2, 0.25) is 0 Å². The molecule has 1 amide bonds. The molecule has 4 rings (SSSR count). The van der Waals surface area contributed by atoms with E-state index in [1.54, 1.807) is 4.90 Å². The zero-order valence-electron chi connectivity index (χ0n) is 17.7. The van der Waals surface area contributed by atoms with Gasteiger partial charge in [0.05, 0.1) is 26.9 Å². The third kappa shape index (κ3) is 5.44. The Balaban J connectivity index is 1.34. The second kappa shape index (κ2) is 9.77. The summed E-state index contributed by atoms with van der Waals surface area (Å²) in [6, 6.07) is 15.0. The first-order valence-corrected chi connectivity index (χ1v) is 12.6. The maximum Gasteiger partial charge on any atom is 0.270 e. The van der Waals surface area contributed by atoms with Gasteiger partial charge in [0, 0.05) is 50.1 Å². The second-order valence-corrected chi connectivity index (χ2v) is 10.5. The van der Waals surface area contributed by atoms with E-state index in [-0.39, 0.29) is 49.1 Å². The first-order valence-electron chi connectivity index (χ1n) is 10.3. The van der Waals surface area contributed by atoms with Crippen LogP contribution in [0, 0.1) is 10.1 Å². The molecule has 2 aromatic carbocycles. The van der Waals surface area contributed by atoms with E-state index in [9.17, 15) is 23.3 Å². The largest absolute Gasteiger partial charge is 0.340 e. The molecule has 1 fully saturated rings. The number of nitro groups is 1. The fourth-order valence-corrected chi connectivity index (χ4v) is 5.92. The number of non-ortho nitro benzene ring substituents is 1. The molecule has 0 N–H and O–H groups in total. The van der Waals surface area contributed by atoms with Crippen molar-refractivity contribution in [3.63, 3.8) is 0 Å². The molecule has 1 aliphatic heterocycles. The first-order chi connectivity index (χ1) is 15.8. The molecule has 0 unspecified atom stereocenters. The molecule has 33 heavy (non-hydrogen) atoms. The van der Waals surface area contributed by atoms with E-state index in [0.717, 1.165) is 16.6 Å². The average Bonchev–Trinajstić information content (AvgIpc) is 3.26. The van der Waals surface area contributed by atoms with Gasteiger partial charge >= 0.3 is 0 Å². The van der Waals surface area contributed by atoms with Gasteiger partial charge in [-0.05, 0) is 11.6 Å². The maximum atomic E-state index is 12.9. The number of sulfonamides is 1. The molecule has 172 valence electrons. The summed E-state index contributed by atoms with van der Waals surface area (Å²) >= 11 is 1.52. The molecule has 9 nitrogen and oxygen atoms in total.